The predicted octanol–water partition coefficient (Wildman–Crippen LogP) is 2.82. The first kappa shape index (κ1) is 14.3. The summed E-state index contributed by atoms with van der Waals surface area (Å²) < 4.78 is 12.2. The minimum atomic E-state index is -0.656. The Labute approximate surface area is 124 Å². The van der Waals surface area contributed by atoms with Crippen molar-refractivity contribution in [1.29, 1.82) is 0 Å². The van der Waals surface area contributed by atoms with Gasteiger partial charge in [0.15, 0.2) is 0 Å². The van der Waals surface area contributed by atoms with Crippen LogP contribution in [0.5, 0.6) is 0 Å². The third kappa shape index (κ3) is 2.99. The largest absolute Gasteiger partial charge is 0.309 e. The Bertz CT molecular complexity index is 463. The zero-order valence-corrected chi connectivity index (χ0v) is 13.1. The Morgan fingerprint density at radius 3 is 2.45 bits per heavy atom. The maximum absolute atomic E-state index is 12.2. The summed E-state index contributed by atoms with van der Waals surface area (Å²) in [6.45, 7) is 2.05. The highest BCUT2D eigenvalue weighted by atomic mass is 32.2. The van der Waals surface area contributed by atoms with Crippen molar-refractivity contribution in [1.82, 2.24) is 5.32 Å². The van der Waals surface area contributed by atoms with E-state index in [0.717, 1.165) is 25.0 Å². The lowest BCUT2D eigenvalue weighted by atomic mass is 9.94. The van der Waals surface area contributed by atoms with Crippen LogP contribution in [0, 0.1) is 0 Å². The van der Waals surface area contributed by atoms with E-state index >= 15 is 0 Å². The van der Waals surface area contributed by atoms with Crippen molar-refractivity contribution in [2.45, 2.75) is 62.8 Å². The van der Waals surface area contributed by atoms with E-state index < -0.39 is 10.8 Å². The first-order valence-corrected chi connectivity index (χ1v) is 9.36. The molecule has 110 valence electrons. The van der Waals surface area contributed by atoms with E-state index in [9.17, 15) is 4.21 Å². The molecule has 0 radical (unpaired) electrons. The minimum absolute atomic E-state index is 0.373. The molecule has 2 aliphatic carbocycles. The third-order valence-electron chi connectivity index (χ3n) is 4.83. The molecular weight excluding hydrogens is 266 g/mol. The fourth-order valence-corrected chi connectivity index (χ4v) is 5.23. The summed E-state index contributed by atoms with van der Waals surface area (Å²) in [5, 5.41) is 4.21. The second-order valence-corrected chi connectivity index (χ2v) is 8.08. The van der Waals surface area contributed by atoms with Gasteiger partial charge in [-0.1, -0.05) is 44.0 Å². The summed E-state index contributed by atoms with van der Waals surface area (Å²) in [7, 11) is -0.656. The highest BCUT2D eigenvalue weighted by molar-refractivity contribution is 7.85. The molecule has 1 N–H and O–H groups in total. The molecule has 20 heavy (non-hydrogen) atoms. The molecule has 0 aromatic heterocycles. The molecule has 1 aromatic rings. The van der Waals surface area contributed by atoms with Gasteiger partial charge in [-0.25, -0.2) is 0 Å². The van der Waals surface area contributed by atoms with Gasteiger partial charge in [0, 0.05) is 28.6 Å². The molecule has 0 spiro atoms. The summed E-state index contributed by atoms with van der Waals surface area (Å²) in [5.41, 5.74) is 2.99. The minimum Gasteiger partial charge on any atom is -0.309 e. The fraction of sp³-hybridized carbons (Fsp3) is 0.647. The highest BCUT2D eigenvalue weighted by Crippen LogP contribution is 2.27. The second kappa shape index (κ2) is 6.40. The Hall–Kier alpha value is -0.670. The van der Waals surface area contributed by atoms with Crippen LogP contribution in [0.3, 0.4) is 0 Å². The second-order valence-electron chi connectivity index (χ2n) is 6.14. The molecule has 2 nitrogen and oxygen atoms in total. The van der Waals surface area contributed by atoms with Gasteiger partial charge in [0.05, 0.1) is 5.25 Å². The molecule has 0 heterocycles. The third-order valence-corrected chi connectivity index (χ3v) is 6.63. The number of rotatable bonds is 4. The van der Waals surface area contributed by atoms with Gasteiger partial charge in [0.2, 0.25) is 0 Å². The molecule has 0 bridgehead atoms. The number of hydrogen-bond acceptors (Lipinski definition) is 2. The molecular formula is C17H25NOS. The topological polar surface area (TPSA) is 29.1 Å². The monoisotopic (exact) mass is 291 g/mol. The van der Waals surface area contributed by atoms with Crippen molar-refractivity contribution in [2.75, 3.05) is 5.75 Å². The molecule has 0 saturated heterocycles. The number of nitrogens with one attached hydrogen (secondary N) is 1. The lowest BCUT2D eigenvalue weighted by molar-refractivity contribution is 0.344. The van der Waals surface area contributed by atoms with Crippen LogP contribution in [0.2, 0.25) is 0 Å². The zero-order valence-electron chi connectivity index (χ0n) is 12.3. The zero-order chi connectivity index (χ0) is 13.9. The molecule has 2 aliphatic rings. The smallest absolute Gasteiger partial charge is 0.0501 e. The van der Waals surface area contributed by atoms with Crippen LogP contribution in [0.25, 0.3) is 0 Å². The molecule has 0 unspecified atom stereocenters. The standard InChI is InChI=1S/C17H25NOS/c1-2-20(19)17-10-6-5-9-16(17)18-15-11-13-7-3-4-8-14(13)12-15/h3-4,7-8,15-18H,2,5-6,9-12H2,1H3/t16-,17+,20+/m1/s1. The lowest BCUT2D eigenvalue weighted by Crippen LogP contribution is -2.49. The maximum atomic E-state index is 12.2. The fourth-order valence-electron chi connectivity index (χ4n) is 3.80. The Morgan fingerprint density at radius 2 is 1.80 bits per heavy atom. The van der Waals surface area contributed by atoms with Crippen LogP contribution in [0.15, 0.2) is 24.3 Å². The SMILES string of the molecule is CC[S@](=O)[C@H]1CCCC[C@H]1NC1Cc2ccccc2C1. The predicted molar refractivity (Wildman–Crippen MR) is 85.5 cm³/mol. The van der Waals surface area contributed by atoms with Crippen molar-refractivity contribution in [2.24, 2.45) is 0 Å². The summed E-state index contributed by atoms with van der Waals surface area (Å²) in [6, 6.07) is 9.78. The van der Waals surface area contributed by atoms with Crippen molar-refractivity contribution in [3.8, 4) is 0 Å². The first-order valence-electron chi connectivity index (χ1n) is 7.98. The number of fused-ring (bicyclic) bond motifs is 1. The Kier molecular flexibility index (Phi) is 4.57. The quantitative estimate of drug-likeness (QED) is 0.924. The van der Waals surface area contributed by atoms with Gasteiger partial charge in [0.1, 0.15) is 0 Å². The van der Waals surface area contributed by atoms with Gasteiger partial charge in [-0.05, 0) is 36.8 Å². The average molecular weight is 291 g/mol. The van der Waals surface area contributed by atoms with Crippen LogP contribution in [0.1, 0.15) is 43.7 Å². The molecule has 1 aromatic carbocycles. The van der Waals surface area contributed by atoms with E-state index in [1.807, 2.05) is 6.92 Å². The van der Waals surface area contributed by atoms with Gasteiger partial charge in [-0.2, -0.15) is 0 Å². The van der Waals surface area contributed by atoms with Crippen molar-refractivity contribution < 1.29 is 4.21 Å². The summed E-state index contributed by atoms with van der Waals surface area (Å²) in [6.07, 6.45) is 7.14. The van der Waals surface area contributed by atoms with E-state index in [4.69, 9.17) is 0 Å². The van der Waals surface area contributed by atoms with E-state index in [-0.39, 0.29) is 0 Å². The highest BCUT2D eigenvalue weighted by Gasteiger charge is 2.32. The summed E-state index contributed by atoms with van der Waals surface area (Å²) in [5.74, 6) is 0.799. The van der Waals surface area contributed by atoms with E-state index in [2.05, 4.69) is 29.6 Å². The molecule has 3 rings (SSSR count). The molecule has 3 heteroatoms. The van der Waals surface area contributed by atoms with Gasteiger partial charge in [-0.15, -0.1) is 0 Å². The van der Waals surface area contributed by atoms with E-state index in [1.54, 1.807) is 0 Å². The molecule has 3 atom stereocenters. The van der Waals surface area contributed by atoms with Crippen molar-refractivity contribution >= 4 is 10.8 Å². The van der Waals surface area contributed by atoms with Crippen LogP contribution >= 0.6 is 0 Å². The number of benzene rings is 1. The Balaban J connectivity index is 1.64. The molecule has 1 fully saturated rings. The summed E-state index contributed by atoms with van der Waals surface area (Å²) >= 11 is 0. The maximum Gasteiger partial charge on any atom is 0.0501 e. The Morgan fingerprint density at radius 1 is 1.15 bits per heavy atom. The van der Waals surface area contributed by atoms with E-state index in [0.29, 0.717) is 17.3 Å². The van der Waals surface area contributed by atoms with E-state index in [1.165, 1.54) is 30.4 Å². The van der Waals surface area contributed by atoms with Crippen LogP contribution in [0.4, 0.5) is 0 Å². The first-order chi connectivity index (χ1) is 9.78. The molecule has 1 saturated carbocycles. The number of hydrogen-bond donors (Lipinski definition) is 1. The normalized spacial score (nSPS) is 28.2. The molecule has 0 aliphatic heterocycles. The van der Waals surface area contributed by atoms with Gasteiger partial charge >= 0.3 is 0 Å². The molecule has 0 amide bonds. The van der Waals surface area contributed by atoms with Crippen molar-refractivity contribution in [3.63, 3.8) is 0 Å². The van der Waals surface area contributed by atoms with Gasteiger partial charge in [0.25, 0.3) is 0 Å². The van der Waals surface area contributed by atoms with Crippen LogP contribution in [-0.2, 0) is 23.6 Å². The van der Waals surface area contributed by atoms with Gasteiger partial charge in [-0.3, -0.25) is 4.21 Å². The van der Waals surface area contributed by atoms with Gasteiger partial charge < -0.3 is 5.32 Å². The average Bonchev–Trinajstić information content (AvgIpc) is 2.89. The lowest BCUT2D eigenvalue weighted by Gasteiger charge is -2.33. The van der Waals surface area contributed by atoms with Crippen molar-refractivity contribution in [3.05, 3.63) is 35.4 Å². The summed E-state index contributed by atoms with van der Waals surface area (Å²) in [4.78, 5) is 0. The van der Waals surface area contributed by atoms with Crippen LogP contribution in [-0.4, -0.2) is 27.3 Å². The van der Waals surface area contributed by atoms with Crippen LogP contribution < -0.4 is 5.32 Å².